The van der Waals surface area contributed by atoms with Crippen molar-refractivity contribution >= 4 is 6.09 Å². The molecule has 0 bridgehead atoms. The summed E-state index contributed by atoms with van der Waals surface area (Å²) in [5.74, 6) is 0. The van der Waals surface area contributed by atoms with Gasteiger partial charge in [0.05, 0.1) is 6.61 Å². The fraction of sp³-hybridized carbons (Fsp3) is 0.562. The Kier molecular flexibility index (Phi) is 5.01. The van der Waals surface area contributed by atoms with Crippen molar-refractivity contribution in [1.29, 1.82) is 0 Å². The van der Waals surface area contributed by atoms with Gasteiger partial charge in [-0.05, 0) is 18.4 Å². The molecule has 1 aliphatic heterocycles. The zero-order valence-corrected chi connectivity index (χ0v) is 12.3. The largest absolute Gasteiger partial charge is 0.447 e. The molecule has 1 fully saturated rings. The van der Waals surface area contributed by atoms with Crippen molar-refractivity contribution in [2.45, 2.75) is 25.2 Å². The van der Waals surface area contributed by atoms with Crippen LogP contribution >= 0.6 is 0 Å². The molecule has 1 amide bonds. The Morgan fingerprint density at radius 1 is 1.30 bits per heavy atom. The fourth-order valence-corrected chi connectivity index (χ4v) is 2.78. The monoisotopic (exact) mass is 277 g/mol. The molecule has 0 unspecified atom stereocenters. The first-order chi connectivity index (χ1) is 9.65. The molecule has 110 valence electrons. The van der Waals surface area contributed by atoms with Gasteiger partial charge >= 0.3 is 6.09 Å². The van der Waals surface area contributed by atoms with Crippen molar-refractivity contribution < 1.29 is 14.3 Å². The molecule has 1 aromatic carbocycles. The molecule has 0 radical (unpaired) electrons. The quantitative estimate of drug-likeness (QED) is 0.794. The number of benzene rings is 1. The Balaban J connectivity index is 1.99. The van der Waals surface area contributed by atoms with Crippen LogP contribution < -0.4 is 0 Å². The molecule has 0 N–H and O–H groups in total. The molecule has 4 nitrogen and oxygen atoms in total. The van der Waals surface area contributed by atoms with Crippen LogP contribution in [0.15, 0.2) is 30.3 Å². The summed E-state index contributed by atoms with van der Waals surface area (Å²) in [4.78, 5) is 13.9. The molecule has 1 aliphatic rings. The van der Waals surface area contributed by atoms with Gasteiger partial charge in [0.25, 0.3) is 0 Å². The van der Waals surface area contributed by atoms with E-state index in [1.165, 1.54) is 5.56 Å². The zero-order valence-electron chi connectivity index (χ0n) is 12.3. The first kappa shape index (κ1) is 14.9. The molecule has 0 spiro atoms. The predicted molar refractivity (Wildman–Crippen MR) is 77.8 cm³/mol. The van der Waals surface area contributed by atoms with Crippen LogP contribution in [0.25, 0.3) is 0 Å². The summed E-state index contributed by atoms with van der Waals surface area (Å²) in [6.45, 7) is 4.46. The fourth-order valence-electron chi connectivity index (χ4n) is 2.78. The highest BCUT2D eigenvalue weighted by molar-refractivity contribution is 5.68. The molecule has 1 atom stereocenters. The van der Waals surface area contributed by atoms with E-state index in [0.717, 1.165) is 19.4 Å². The van der Waals surface area contributed by atoms with Crippen LogP contribution in [0, 0.1) is 0 Å². The van der Waals surface area contributed by atoms with E-state index in [-0.39, 0.29) is 11.5 Å². The van der Waals surface area contributed by atoms with Crippen LogP contribution in [0.2, 0.25) is 0 Å². The summed E-state index contributed by atoms with van der Waals surface area (Å²) in [6, 6.07) is 10.4. The van der Waals surface area contributed by atoms with Crippen LogP contribution in [0.5, 0.6) is 0 Å². The third-order valence-electron chi connectivity index (χ3n) is 3.94. The van der Waals surface area contributed by atoms with Gasteiger partial charge in [-0.25, -0.2) is 4.79 Å². The number of piperidine rings is 1. The van der Waals surface area contributed by atoms with E-state index in [1.54, 1.807) is 7.11 Å². The topological polar surface area (TPSA) is 38.8 Å². The minimum atomic E-state index is -0.232. The lowest BCUT2D eigenvalue weighted by Crippen LogP contribution is -2.47. The number of nitrogens with zero attached hydrogens (tertiary/aromatic N) is 1. The average Bonchev–Trinajstić information content (AvgIpc) is 2.48. The molecular formula is C16H23NO3. The smallest absolute Gasteiger partial charge is 0.409 e. The number of carbonyl (C=O) groups excluding carboxylic acids is 1. The molecule has 1 heterocycles. The highest BCUT2D eigenvalue weighted by Gasteiger charge is 2.34. The van der Waals surface area contributed by atoms with Gasteiger partial charge in [0.1, 0.15) is 6.61 Å². The Hall–Kier alpha value is -1.55. The van der Waals surface area contributed by atoms with Gasteiger partial charge in [0.2, 0.25) is 0 Å². The normalized spacial score (nSPS) is 22.6. The Morgan fingerprint density at radius 2 is 2.05 bits per heavy atom. The lowest BCUT2D eigenvalue weighted by molar-refractivity contribution is 0.0577. The van der Waals surface area contributed by atoms with Crippen molar-refractivity contribution in [3.8, 4) is 0 Å². The summed E-state index contributed by atoms with van der Waals surface area (Å²) < 4.78 is 10.1. The van der Waals surface area contributed by atoms with Crippen molar-refractivity contribution in [3.63, 3.8) is 0 Å². The third-order valence-corrected chi connectivity index (χ3v) is 3.94. The summed E-state index contributed by atoms with van der Waals surface area (Å²) in [6.07, 6.45) is 1.87. The second kappa shape index (κ2) is 6.75. The highest BCUT2D eigenvalue weighted by Crippen LogP contribution is 2.33. The summed E-state index contributed by atoms with van der Waals surface area (Å²) in [5.41, 5.74) is 1.30. The van der Waals surface area contributed by atoms with E-state index in [9.17, 15) is 4.79 Å². The van der Waals surface area contributed by atoms with E-state index in [0.29, 0.717) is 19.8 Å². The van der Waals surface area contributed by atoms with E-state index >= 15 is 0 Å². The van der Waals surface area contributed by atoms with Gasteiger partial charge in [0.15, 0.2) is 0 Å². The number of likely N-dealkylation sites (tertiary alicyclic amines) is 1. The van der Waals surface area contributed by atoms with Gasteiger partial charge in [0, 0.05) is 25.6 Å². The SMILES string of the molecule is COCCOC(=O)N1CCC[C@](C)(c2ccccc2)C1. The minimum Gasteiger partial charge on any atom is -0.447 e. The first-order valence-corrected chi connectivity index (χ1v) is 7.12. The number of hydrogen-bond acceptors (Lipinski definition) is 3. The minimum absolute atomic E-state index is 0.0137. The molecule has 0 aliphatic carbocycles. The maximum atomic E-state index is 12.0. The van der Waals surface area contributed by atoms with Gasteiger partial charge in [-0.15, -0.1) is 0 Å². The second-order valence-electron chi connectivity index (χ2n) is 5.56. The lowest BCUT2D eigenvalue weighted by atomic mass is 9.76. The number of rotatable bonds is 4. The average molecular weight is 277 g/mol. The number of ether oxygens (including phenoxy) is 2. The molecule has 0 saturated carbocycles. The summed E-state index contributed by atoms with van der Waals surface area (Å²) in [5, 5.41) is 0. The lowest BCUT2D eigenvalue weighted by Gasteiger charge is -2.40. The van der Waals surface area contributed by atoms with Crippen LogP contribution in [0.1, 0.15) is 25.3 Å². The van der Waals surface area contributed by atoms with Gasteiger partial charge < -0.3 is 14.4 Å². The Morgan fingerprint density at radius 3 is 2.75 bits per heavy atom. The van der Waals surface area contributed by atoms with Gasteiger partial charge in [-0.3, -0.25) is 0 Å². The highest BCUT2D eigenvalue weighted by atomic mass is 16.6. The predicted octanol–water partition coefficient (Wildman–Crippen LogP) is 2.82. The standard InChI is InChI=1S/C16H23NO3/c1-16(14-7-4-3-5-8-14)9-6-10-17(13-16)15(18)20-12-11-19-2/h3-5,7-8H,6,9-13H2,1-2H3/t16-/m0/s1. The van der Waals surface area contributed by atoms with Crippen LogP contribution in [0.4, 0.5) is 4.79 Å². The molecular weight excluding hydrogens is 254 g/mol. The van der Waals surface area contributed by atoms with Crippen molar-refractivity contribution in [2.24, 2.45) is 0 Å². The van der Waals surface area contributed by atoms with E-state index < -0.39 is 0 Å². The zero-order chi connectivity index (χ0) is 14.4. The van der Waals surface area contributed by atoms with Crippen LogP contribution in [-0.2, 0) is 14.9 Å². The van der Waals surface area contributed by atoms with E-state index in [4.69, 9.17) is 9.47 Å². The van der Waals surface area contributed by atoms with Gasteiger partial charge in [-0.1, -0.05) is 37.3 Å². The molecule has 20 heavy (non-hydrogen) atoms. The molecule has 2 rings (SSSR count). The maximum Gasteiger partial charge on any atom is 0.409 e. The first-order valence-electron chi connectivity index (χ1n) is 7.12. The summed E-state index contributed by atoms with van der Waals surface area (Å²) >= 11 is 0. The van der Waals surface area contributed by atoms with Crippen molar-refractivity contribution in [2.75, 3.05) is 33.4 Å². The third kappa shape index (κ3) is 3.51. The van der Waals surface area contributed by atoms with Gasteiger partial charge in [-0.2, -0.15) is 0 Å². The molecule has 4 heteroatoms. The second-order valence-corrected chi connectivity index (χ2v) is 5.56. The number of methoxy groups -OCH3 is 1. The Bertz CT molecular complexity index is 435. The maximum absolute atomic E-state index is 12.0. The number of amides is 1. The van der Waals surface area contributed by atoms with E-state index in [1.807, 2.05) is 11.0 Å². The summed E-state index contributed by atoms with van der Waals surface area (Å²) in [7, 11) is 1.60. The molecule has 0 aromatic heterocycles. The molecule has 1 saturated heterocycles. The number of hydrogen-bond donors (Lipinski definition) is 0. The van der Waals surface area contributed by atoms with Crippen molar-refractivity contribution in [1.82, 2.24) is 4.90 Å². The van der Waals surface area contributed by atoms with Crippen LogP contribution in [-0.4, -0.2) is 44.4 Å². The van der Waals surface area contributed by atoms with E-state index in [2.05, 4.69) is 31.2 Å². The molecule has 1 aromatic rings. The van der Waals surface area contributed by atoms with Crippen molar-refractivity contribution in [3.05, 3.63) is 35.9 Å². The Labute approximate surface area is 120 Å². The number of carbonyl (C=O) groups is 1. The van der Waals surface area contributed by atoms with Crippen LogP contribution in [0.3, 0.4) is 0 Å².